The average Bonchev–Trinajstić information content (AvgIpc) is 2.85. The number of nitrogens with zero attached hydrogens (tertiary/aromatic N) is 3. The van der Waals surface area contributed by atoms with E-state index in [1.807, 2.05) is 26.0 Å². The van der Waals surface area contributed by atoms with Gasteiger partial charge < -0.3 is 10.6 Å². The average molecular weight is 321 g/mol. The monoisotopic (exact) mass is 321 g/mol. The number of carbonyl (C=O) groups excluding carboxylic acids is 2. The van der Waals surface area contributed by atoms with Crippen molar-refractivity contribution in [3.8, 4) is 0 Å². The van der Waals surface area contributed by atoms with E-state index in [1.165, 1.54) is 0 Å². The first-order valence-electron chi connectivity index (χ1n) is 6.91. The number of carbonyl (C=O) groups is 2. The molecule has 0 aliphatic carbocycles. The molecule has 0 aromatic carbocycles. The van der Waals surface area contributed by atoms with E-state index < -0.39 is 15.9 Å². The van der Waals surface area contributed by atoms with Gasteiger partial charge in [-0.3, -0.25) is 14.6 Å². The molecule has 1 aromatic rings. The largest absolute Gasteiger partial charge is 0.352 e. The minimum Gasteiger partial charge on any atom is -0.352 e. The predicted octanol–water partition coefficient (Wildman–Crippen LogP) is 0.741. The Kier molecular flexibility index (Phi) is 5.76. The standard InChI is InChI=1S/C14H19N5O2S/c1-10(2)18-19-22-9-17-14(21)12(22)6-13(20)16-8-11-4-3-5-15-7-11/h3-5,7,12H,6,8-9H2,1-2H3,(H,16,20)(H,17,21). The van der Waals surface area contributed by atoms with Crippen LogP contribution in [0.2, 0.25) is 0 Å². The maximum Gasteiger partial charge on any atom is 0.235 e. The predicted molar refractivity (Wildman–Crippen MR) is 86.1 cm³/mol. The highest BCUT2D eigenvalue weighted by molar-refractivity contribution is 7.89. The first-order chi connectivity index (χ1) is 10.6. The third-order valence-corrected chi connectivity index (χ3v) is 4.71. The third kappa shape index (κ3) is 4.73. The number of amides is 2. The van der Waals surface area contributed by atoms with E-state index in [2.05, 4.69) is 25.2 Å². The summed E-state index contributed by atoms with van der Waals surface area (Å²) in [6.07, 6.45) is 3.50. The van der Waals surface area contributed by atoms with Gasteiger partial charge in [-0.2, -0.15) is 5.10 Å². The Hall–Kier alpha value is -2.09. The van der Waals surface area contributed by atoms with E-state index in [1.54, 1.807) is 12.4 Å². The van der Waals surface area contributed by atoms with Gasteiger partial charge in [0.25, 0.3) is 0 Å². The molecule has 7 nitrogen and oxygen atoms in total. The van der Waals surface area contributed by atoms with Gasteiger partial charge in [-0.15, -0.1) is 4.47 Å². The molecular weight excluding hydrogens is 302 g/mol. The molecular formula is C14H19N5O2S. The molecule has 0 saturated carbocycles. The molecule has 1 fully saturated rings. The molecule has 8 heteroatoms. The van der Waals surface area contributed by atoms with Gasteiger partial charge in [0.15, 0.2) is 0 Å². The van der Waals surface area contributed by atoms with Crippen LogP contribution >= 0.6 is 0 Å². The molecule has 2 heterocycles. The second kappa shape index (κ2) is 7.79. The summed E-state index contributed by atoms with van der Waals surface area (Å²) in [7, 11) is -0.581. The van der Waals surface area contributed by atoms with Crippen LogP contribution in [0.1, 0.15) is 25.8 Å². The molecule has 1 aromatic heterocycles. The molecule has 2 amide bonds. The van der Waals surface area contributed by atoms with E-state index >= 15 is 0 Å². The zero-order chi connectivity index (χ0) is 15.9. The lowest BCUT2D eigenvalue weighted by molar-refractivity contribution is -0.125. The Labute approximate surface area is 131 Å². The molecule has 1 saturated heterocycles. The van der Waals surface area contributed by atoms with Gasteiger partial charge in [0, 0.05) is 31.1 Å². The fourth-order valence-corrected chi connectivity index (χ4v) is 3.44. The van der Waals surface area contributed by atoms with Crippen molar-refractivity contribution in [1.29, 1.82) is 0 Å². The molecule has 0 radical (unpaired) electrons. The van der Waals surface area contributed by atoms with Crippen LogP contribution in [0.15, 0.2) is 34.1 Å². The SMILES string of the molecule is CC(C)=N/N=S1\CNC(=O)C1CC(=O)NCc1cccnc1. The molecule has 2 rings (SSSR count). The van der Waals surface area contributed by atoms with E-state index in [4.69, 9.17) is 0 Å². The van der Waals surface area contributed by atoms with Crippen LogP contribution < -0.4 is 10.6 Å². The summed E-state index contributed by atoms with van der Waals surface area (Å²) in [5.41, 5.74) is 1.74. The van der Waals surface area contributed by atoms with Gasteiger partial charge in [-0.05, 0) is 36.2 Å². The quantitative estimate of drug-likeness (QED) is 0.618. The first kappa shape index (κ1) is 16.3. The lowest BCUT2D eigenvalue weighted by atomic mass is 10.2. The van der Waals surface area contributed by atoms with Gasteiger partial charge in [0.1, 0.15) is 5.25 Å². The number of rotatable bonds is 5. The van der Waals surface area contributed by atoms with Crippen molar-refractivity contribution < 1.29 is 9.59 Å². The lowest BCUT2D eigenvalue weighted by Crippen LogP contribution is -2.32. The number of hydrogen-bond acceptors (Lipinski definition) is 4. The van der Waals surface area contributed by atoms with Gasteiger partial charge in [0.05, 0.1) is 5.88 Å². The summed E-state index contributed by atoms with van der Waals surface area (Å²) in [4.78, 5) is 27.8. The third-order valence-electron chi connectivity index (χ3n) is 2.94. The molecule has 22 heavy (non-hydrogen) atoms. The van der Waals surface area contributed by atoms with E-state index in [-0.39, 0.29) is 18.2 Å². The highest BCUT2D eigenvalue weighted by Crippen LogP contribution is 2.12. The normalized spacial score (nSPS) is 20.5. The summed E-state index contributed by atoms with van der Waals surface area (Å²) < 4.78 is 4.17. The summed E-state index contributed by atoms with van der Waals surface area (Å²) in [6, 6.07) is 3.70. The van der Waals surface area contributed by atoms with Gasteiger partial charge in [0.2, 0.25) is 11.8 Å². The van der Waals surface area contributed by atoms with Crippen molar-refractivity contribution in [2.45, 2.75) is 32.1 Å². The Morgan fingerprint density at radius 2 is 2.36 bits per heavy atom. The van der Waals surface area contributed by atoms with Crippen LogP contribution in [-0.2, 0) is 26.8 Å². The highest BCUT2D eigenvalue weighted by atomic mass is 32.2. The van der Waals surface area contributed by atoms with Crippen molar-refractivity contribution >= 4 is 28.2 Å². The topological polar surface area (TPSA) is 95.8 Å². The Morgan fingerprint density at radius 1 is 1.55 bits per heavy atom. The number of hydrogen-bond donors (Lipinski definition) is 2. The van der Waals surface area contributed by atoms with Crippen molar-refractivity contribution in [3.63, 3.8) is 0 Å². The lowest BCUT2D eigenvalue weighted by Gasteiger charge is -2.09. The Balaban J connectivity index is 1.93. The second-order valence-corrected chi connectivity index (χ2v) is 6.87. The molecule has 118 valence electrons. The minimum absolute atomic E-state index is 0.122. The fraction of sp³-hybridized carbons (Fsp3) is 0.429. The maximum atomic E-state index is 12.0. The molecule has 2 unspecified atom stereocenters. The Bertz CT molecular complexity index is 611. The zero-order valence-electron chi connectivity index (χ0n) is 12.6. The summed E-state index contributed by atoms with van der Waals surface area (Å²) in [5.74, 6) is 0.152. The summed E-state index contributed by atoms with van der Waals surface area (Å²) in [5, 5.41) is 9.12. The smallest absolute Gasteiger partial charge is 0.235 e. The van der Waals surface area contributed by atoms with Gasteiger partial charge >= 0.3 is 0 Å². The molecule has 0 spiro atoms. The molecule has 2 atom stereocenters. The van der Waals surface area contributed by atoms with Crippen molar-refractivity contribution in [2.75, 3.05) is 5.88 Å². The van der Waals surface area contributed by atoms with Crippen molar-refractivity contribution in [1.82, 2.24) is 15.6 Å². The van der Waals surface area contributed by atoms with Crippen molar-refractivity contribution in [3.05, 3.63) is 30.1 Å². The Morgan fingerprint density at radius 3 is 3.05 bits per heavy atom. The molecule has 2 N–H and O–H groups in total. The maximum absolute atomic E-state index is 12.0. The van der Waals surface area contributed by atoms with Gasteiger partial charge in [-0.1, -0.05) is 6.07 Å². The van der Waals surface area contributed by atoms with E-state index in [0.717, 1.165) is 11.3 Å². The van der Waals surface area contributed by atoms with E-state index in [0.29, 0.717) is 12.4 Å². The van der Waals surface area contributed by atoms with Crippen LogP contribution in [0, 0.1) is 0 Å². The summed E-state index contributed by atoms with van der Waals surface area (Å²) >= 11 is 0. The molecule has 0 bridgehead atoms. The van der Waals surface area contributed by atoms with Crippen LogP contribution in [0.25, 0.3) is 0 Å². The molecule has 1 aliphatic heterocycles. The first-order valence-corrected chi connectivity index (χ1v) is 8.32. The minimum atomic E-state index is -0.581. The van der Waals surface area contributed by atoms with Crippen molar-refractivity contribution in [2.24, 2.45) is 9.57 Å². The van der Waals surface area contributed by atoms with Gasteiger partial charge in [-0.25, -0.2) is 0 Å². The number of pyridine rings is 1. The summed E-state index contributed by atoms with van der Waals surface area (Å²) in [6.45, 7) is 4.08. The zero-order valence-corrected chi connectivity index (χ0v) is 13.4. The van der Waals surface area contributed by atoms with Crippen LogP contribution in [0.5, 0.6) is 0 Å². The second-order valence-electron chi connectivity index (χ2n) is 5.05. The number of aromatic nitrogens is 1. The fourth-order valence-electron chi connectivity index (χ4n) is 1.84. The van der Waals surface area contributed by atoms with Crippen LogP contribution in [0.4, 0.5) is 0 Å². The number of nitrogens with one attached hydrogen (secondary N) is 2. The highest BCUT2D eigenvalue weighted by Gasteiger charge is 2.32. The molecule has 1 aliphatic rings. The van der Waals surface area contributed by atoms with Crippen LogP contribution in [0.3, 0.4) is 0 Å². The van der Waals surface area contributed by atoms with Crippen LogP contribution in [-0.4, -0.2) is 33.6 Å². The van der Waals surface area contributed by atoms with E-state index in [9.17, 15) is 9.59 Å².